The van der Waals surface area contributed by atoms with Gasteiger partial charge >= 0.3 is 0 Å². The Morgan fingerprint density at radius 2 is 1.69 bits per heavy atom. The van der Waals surface area contributed by atoms with E-state index in [9.17, 15) is 18.0 Å². The lowest BCUT2D eigenvalue weighted by Crippen LogP contribution is -2.50. The van der Waals surface area contributed by atoms with E-state index < -0.39 is 16.1 Å². The predicted octanol–water partition coefficient (Wildman–Crippen LogP) is 3.66. The zero-order valence-electron chi connectivity index (χ0n) is 19.2. The highest BCUT2D eigenvalue weighted by atomic mass is 32.2. The molecule has 2 amide bonds. The lowest BCUT2D eigenvalue weighted by molar-refractivity contribution is -0.121. The maximum Gasteiger partial charge on any atom is 0.290 e. The number of sulfonamides is 1. The van der Waals surface area contributed by atoms with Gasteiger partial charge in [0.05, 0.1) is 11.2 Å². The smallest absolute Gasteiger partial charge is 0.290 e. The van der Waals surface area contributed by atoms with Crippen LogP contribution in [-0.2, 0) is 27.8 Å². The van der Waals surface area contributed by atoms with E-state index in [1.54, 1.807) is 30.3 Å². The predicted molar refractivity (Wildman–Crippen MR) is 130 cm³/mol. The lowest BCUT2D eigenvalue weighted by Gasteiger charge is -2.35. The van der Waals surface area contributed by atoms with Gasteiger partial charge in [-0.2, -0.15) is 4.31 Å². The number of hydrogen-bond acceptors (Lipinski definition) is 5. The van der Waals surface area contributed by atoms with Crippen molar-refractivity contribution in [3.05, 3.63) is 83.8 Å². The largest absolute Gasteiger partial charge is 0.459 e. The second-order valence-corrected chi connectivity index (χ2v) is 10.8. The number of fused-ring (bicyclic) bond motifs is 1. The molecule has 0 radical (unpaired) electrons. The number of amides is 2. The van der Waals surface area contributed by atoms with E-state index in [2.05, 4.69) is 5.32 Å². The summed E-state index contributed by atoms with van der Waals surface area (Å²) in [5.74, 6) is -0.588. The van der Waals surface area contributed by atoms with Crippen molar-refractivity contribution in [2.45, 2.75) is 43.2 Å². The number of anilines is 1. The molecule has 1 N–H and O–H groups in total. The standard InChI is InChI=1S/C26H27N3O5S/c30-25(27-21-10-6-11-22(17-21)35(32,33)28-13-4-1-5-14-28)23-16-19-8-2-3-9-20(19)18-29(23)26(31)24-12-7-15-34-24/h2-3,6-12,15,17,23H,1,4-5,13-14,16,18H2,(H,27,30)/t23-/m1/s1. The Bertz CT molecular complexity index is 1330. The van der Waals surface area contributed by atoms with E-state index in [1.807, 2.05) is 24.3 Å². The maximum absolute atomic E-state index is 13.4. The normalized spacial score (nSPS) is 18.6. The van der Waals surface area contributed by atoms with Gasteiger partial charge in [0.1, 0.15) is 6.04 Å². The van der Waals surface area contributed by atoms with Gasteiger partial charge in [-0.05, 0) is 54.3 Å². The topological polar surface area (TPSA) is 99.9 Å². The molecule has 1 atom stereocenters. The van der Waals surface area contributed by atoms with Gasteiger partial charge in [-0.15, -0.1) is 0 Å². The van der Waals surface area contributed by atoms with Crippen molar-refractivity contribution in [1.29, 1.82) is 0 Å². The average Bonchev–Trinajstić information content (AvgIpc) is 3.43. The fraction of sp³-hybridized carbons (Fsp3) is 0.308. The van der Waals surface area contributed by atoms with Crippen molar-refractivity contribution in [1.82, 2.24) is 9.21 Å². The summed E-state index contributed by atoms with van der Waals surface area (Å²) >= 11 is 0. The molecule has 0 unspecified atom stereocenters. The summed E-state index contributed by atoms with van der Waals surface area (Å²) in [6.45, 7) is 1.28. The van der Waals surface area contributed by atoms with E-state index in [0.29, 0.717) is 25.2 Å². The molecule has 0 aliphatic carbocycles. The van der Waals surface area contributed by atoms with Gasteiger partial charge in [0.25, 0.3) is 5.91 Å². The number of nitrogens with zero attached hydrogens (tertiary/aromatic N) is 2. The highest BCUT2D eigenvalue weighted by Gasteiger charge is 2.36. The zero-order chi connectivity index (χ0) is 24.4. The van der Waals surface area contributed by atoms with Gasteiger partial charge in [0.15, 0.2) is 5.76 Å². The van der Waals surface area contributed by atoms with Crippen LogP contribution in [0.4, 0.5) is 5.69 Å². The molecule has 2 aliphatic heterocycles. The van der Waals surface area contributed by atoms with E-state index in [0.717, 1.165) is 30.4 Å². The van der Waals surface area contributed by atoms with Crippen LogP contribution < -0.4 is 5.32 Å². The molecule has 9 heteroatoms. The number of hydrogen-bond donors (Lipinski definition) is 1. The molecule has 1 fully saturated rings. The SMILES string of the molecule is O=C(Nc1cccc(S(=O)(=O)N2CCCCC2)c1)[C@H]1Cc2ccccc2CN1C(=O)c1ccco1. The fourth-order valence-corrected chi connectivity index (χ4v) is 6.29. The van der Waals surface area contributed by atoms with Gasteiger partial charge in [-0.1, -0.05) is 36.8 Å². The molecule has 3 aromatic rings. The molecule has 2 aromatic carbocycles. The Kier molecular flexibility index (Phi) is 6.44. The summed E-state index contributed by atoms with van der Waals surface area (Å²) in [4.78, 5) is 28.2. The molecular weight excluding hydrogens is 466 g/mol. The summed E-state index contributed by atoms with van der Waals surface area (Å²) in [5, 5.41) is 2.84. The van der Waals surface area contributed by atoms with E-state index >= 15 is 0 Å². The van der Waals surface area contributed by atoms with Gasteiger partial charge < -0.3 is 14.6 Å². The first-order valence-electron chi connectivity index (χ1n) is 11.8. The fourth-order valence-electron chi connectivity index (χ4n) is 4.73. The molecule has 0 bridgehead atoms. The minimum absolute atomic E-state index is 0.148. The van der Waals surface area contributed by atoms with Crippen molar-refractivity contribution in [3.63, 3.8) is 0 Å². The molecule has 0 spiro atoms. The molecule has 1 saturated heterocycles. The quantitative estimate of drug-likeness (QED) is 0.585. The zero-order valence-corrected chi connectivity index (χ0v) is 20.0. The Balaban J connectivity index is 1.40. The number of nitrogens with one attached hydrogen (secondary N) is 1. The van der Waals surface area contributed by atoms with Gasteiger partial charge in [-0.25, -0.2) is 8.42 Å². The summed E-state index contributed by atoms with van der Waals surface area (Å²) in [6, 6.07) is 16.5. The third-order valence-electron chi connectivity index (χ3n) is 6.60. The summed E-state index contributed by atoms with van der Waals surface area (Å²) < 4.78 is 33.0. The van der Waals surface area contributed by atoms with E-state index in [4.69, 9.17) is 4.42 Å². The van der Waals surface area contributed by atoms with Crippen LogP contribution in [0.25, 0.3) is 0 Å². The second-order valence-electron chi connectivity index (χ2n) is 8.88. The average molecular weight is 494 g/mol. The van der Waals surface area contributed by atoms with Crippen molar-refractivity contribution in [3.8, 4) is 0 Å². The minimum Gasteiger partial charge on any atom is -0.459 e. The Labute approximate surface area is 204 Å². The lowest BCUT2D eigenvalue weighted by atomic mass is 9.93. The number of carbonyl (C=O) groups is 2. The van der Waals surface area contributed by atoms with Crippen LogP contribution in [0.1, 0.15) is 40.9 Å². The molecular formula is C26H27N3O5S. The Hall–Kier alpha value is -3.43. The Morgan fingerprint density at radius 3 is 2.43 bits per heavy atom. The highest BCUT2D eigenvalue weighted by molar-refractivity contribution is 7.89. The first-order valence-corrected chi connectivity index (χ1v) is 13.2. The van der Waals surface area contributed by atoms with Crippen LogP contribution in [0.15, 0.2) is 76.2 Å². The van der Waals surface area contributed by atoms with Crippen molar-refractivity contribution in [2.75, 3.05) is 18.4 Å². The number of carbonyl (C=O) groups excluding carboxylic acids is 2. The molecule has 1 aromatic heterocycles. The second kappa shape index (κ2) is 9.67. The van der Waals surface area contributed by atoms with Gasteiger partial charge in [-0.3, -0.25) is 9.59 Å². The molecule has 35 heavy (non-hydrogen) atoms. The molecule has 3 heterocycles. The monoisotopic (exact) mass is 493 g/mol. The Morgan fingerprint density at radius 1 is 0.914 bits per heavy atom. The molecule has 0 saturated carbocycles. The van der Waals surface area contributed by atoms with Crippen LogP contribution >= 0.6 is 0 Å². The van der Waals surface area contributed by atoms with Crippen LogP contribution in [0.3, 0.4) is 0 Å². The maximum atomic E-state index is 13.4. The number of rotatable bonds is 5. The van der Waals surface area contributed by atoms with E-state index in [-0.39, 0.29) is 29.0 Å². The van der Waals surface area contributed by atoms with Crippen LogP contribution in [0, 0.1) is 0 Å². The molecule has 8 nitrogen and oxygen atoms in total. The summed E-state index contributed by atoms with van der Waals surface area (Å²) in [7, 11) is -3.63. The molecule has 182 valence electrons. The third kappa shape index (κ3) is 4.74. The first-order chi connectivity index (χ1) is 16.9. The van der Waals surface area contributed by atoms with Crippen molar-refractivity contribution in [2.24, 2.45) is 0 Å². The summed E-state index contributed by atoms with van der Waals surface area (Å²) in [5.41, 5.74) is 2.35. The molecule has 5 rings (SSSR count). The third-order valence-corrected chi connectivity index (χ3v) is 8.49. The first kappa shape index (κ1) is 23.3. The minimum atomic E-state index is -3.63. The van der Waals surface area contributed by atoms with Crippen molar-refractivity contribution < 1.29 is 22.4 Å². The summed E-state index contributed by atoms with van der Waals surface area (Å²) in [6.07, 6.45) is 4.49. The van der Waals surface area contributed by atoms with Gasteiger partial charge in [0, 0.05) is 31.7 Å². The highest BCUT2D eigenvalue weighted by Crippen LogP contribution is 2.27. The molecule has 2 aliphatic rings. The number of piperidine rings is 1. The van der Waals surface area contributed by atoms with E-state index in [1.165, 1.54) is 21.5 Å². The van der Waals surface area contributed by atoms with Crippen LogP contribution in [0.5, 0.6) is 0 Å². The van der Waals surface area contributed by atoms with Crippen LogP contribution in [0.2, 0.25) is 0 Å². The van der Waals surface area contributed by atoms with Gasteiger partial charge in [0.2, 0.25) is 15.9 Å². The number of furan rings is 1. The number of benzene rings is 2. The van der Waals surface area contributed by atoms with Crippen molar-refractivity contribution >= 4 is 27.5 Å². The van der Waals surface area contributed by atoms with Crippen LogP contribution in [-0.4, -0.2) is 48.6 Å².